The van der Waals surface area contributed by atoms with E-state index in [9.17, 15) is 4.39 Å². The summed E-state index contributed by atoms with van der Waals surface area (Å²) < 4.78 is 15.1. The molecule has 4 rings (SSSR count). The number of pyridine rings is 1. The van der Waals surface area contributed by atoms with E-state index in [0.717, 1.165) is 17.7 Å². The highest BCUT2D eigenvalue weighted by Gasteiger charge is 2.18. The van der Waals surface area contributed by atoms with Crippen LogP contribution in [0.15, 0.2) is 54.7 Å². The third kappa shape index (κ3) is 4.00. The number of nitrogens with two attached hydrogens (primary N) is 1. The molecule has 0 saturated carbocycles. The fourth-order valence-corrected chi connectivity index (χ4v) is 3.34. The van der Waals surface area contributed by atoms with Crippen molar-refractivity contribution < 1.29 is 4.39 Å². The van der Waals surface area contributed by atoms with Crippen molar-refractivity contribution in [3.8, 4) is 28.2 Å². The Kier molecular flexibility index (Phi) is 5.43. The summed E-state index contributed by atoms with van der Waals surface area (Å²) in [7, 11) is 4.05. The molecule has 9 heteroatoms. The fraction of sp³-hybridized carbons (Fsp3) is 0.143. The van der Waals surface area contributed by atoms with E-state index in [4.69, 9.17) is 17.3 Å². The molecule has 0 saturated heterocycles. The monoisotopic (exact) mass is 423 g/mol. The molecule has 0 aliphatic heterocycles. The van der Waals surface area contributed by atoms with Crippen LogP contribution < -0.4 is 5.73 Å². The Morgan fingerprint density at radius 3 is 2.57 bits per heavy atom. The van der Waals surface area contributed by atoms with Crippen molar-refractivity contribution in [3.63, 3.8) is 0 Å². The molecule has 2 aromatic heterocycles. The molecule has 2 N–H and O–H groups in total. The molecule has 2 aromatic carbocycles. The molecule has 0 aliphatic carbocycles. The van der Waals surface area contributed by atoms with Gasteiger partial charge in [-0.2, -0.15) is 4.68 Å². The Balaban J connectivity index is 1.75. The van der Waals surface area contributed by atoms with E-state index in [0.29, 0.717) is 22.1 Å². The van der Waals surface area contributed by atoms with Crippen LogP contribution in [0.4, 0.5) is 10.2 Å². The molecule has 152 valence electrons. The molecular weight excluding hydrogens is 405 g/mol. The number of hydrogen-bond acceptors (Lipinski definition) is 6. The minimum absolute atomic E-state index is 0.256. The van der Waals surface area contributed by atoms with Gasteiger partial charge >= 0.3 is 0 Å². The SMILES string of the molecule is CN(C)Cc1ccc(-c2cnc(N)c(-c3nnnn3-c3cc(F)ccc3Cl)c2)cc1. The summed E-state index contributed by atoms with van der Waals surface area (Å²) in [5.74, 6) is 0.124. The van der Waals surface area contributed by atoms with E-state index >= 15 is 0 Å². The second-order valence-electron chi connectivity index (χ2n) is 7.10. The van der Waals surface area contributed by atoms with Gasteiger partial charge in [-0.3, -0.25) is 0 Å². The number of aromatic nitrogens is 5. The van der Waals surface area contributed by atoms with Crippen molar-refractivity contribution in [3.05, 3.63) is 71.1 Å². The first kappa shape index (κ1) is 19.9. The second-order valence-corrected chi connectivity index (χ2v) is 7.51. The normalized spacial score (nSPS) is 11.2. The Hall–Kier alpha value is -3.36. The number of anilines is 1. The lowest BCUT2D eigenvalue weighted by molar-refractivity contribution is 0.402. The van der Waals surface area contributed by atoms with Crippen LogP contribution in [0.25, 0.3) is 28.2 Å². The maximum atomic E-state index is 13.8. The summed E-state index contributed by atoms with van der Waals surface area (Å²) in [5, 5.41) is 12.1. The molecule has 0 amide bonds. The smallest absolute Gasteiger partial charge is 0.190 e. The van der Waals surface area contributed by atoms with Crippen LogP contribution in [0.1, 0.15) is 5.56 Å². The number of rotatable bonds is 5. The second kappa shape index (κ2) is 8.17. The maximum absolute atomic E-state index is 13.8. The lowest BCUT2D eigenvalue weighted by Crippen LogP contribution is -2.10. The van der Waals surface area contributed by atoms with E-state index in [1.54, 1.807) is 6.20 Å². The zero-order valence-electron chi connectivity index (χ0n) is 16.4. The molecule has 0 unspecified atom stereocenters. The van der Waals surface area contributed by atoms with Gasteiger partial charge in [-0.15, -0.1) is 5.10 Å². The molecule has 0 radical (unpaired) electrons. The summed E-state index contributed by atoms with van der Waals surface area (Å²) >= 11 is 6.23. The van der Waals surface area contributed by atoms with Gasteiger partial charge in [-0.05, 0) is 53.8 Å². The molecule has 0 aliphatic rings. The van der Waals surface area contributed by atoms with E-state index in [-0.39, 0.29) is 5.82 Å². The molecule has 0 spiro atoms. The van der Waals surface area contributed by atoms with Gasteiger partial charge < -0.3 is 10.6 Å². The molecular formula is C21H19ClFN7. The molecule has 7 nitrogen and oxygen atoms in total. The van der Waals surface area contributed by atoms with Crippen molar-refractivity contribution in [2.75, 3.05) is 19.8 Å². The van der Waals surface area contributed by atoms with Gasteiger partial charge in [0.2, 0.25) is 0 Å². The van der Waals surface area contributed by atoms with E-state index in [2.05, 4.69) is 37.5 Å². The number of nitrogen functional groups attached to an aromatic ring is 1. The van der Waals surface area contributed by atoms with Crippen LogP contribution in [0.5, 0.6) is 0 Å². The number of benzene rings is 2. The van der Waals surface area contributed by atoms with Crippen molar-refractivity contribution in [2.24, 2.45) is 0 Å². The highest BCUT2D eigenvalue weighted by atomic mass is 35.5. The summed E-state index contributed by atoms with van der Waals surface area (Å²) in [6, 6.07) is 14.0. The van der Waals surface area contributed by atoms with E-state index in [1.165, 1.54) is 28.4 Å². The lowest BCUT2D eigenvalue weighted by Gasteiger charge is -2.11. The predicted molar refractivity (Wildman–Crippen MR) is 115 cm³/mol. The zero-order chi connectivity index (χ0) is 21.3. The molecule has 4 aromatic rings. The quantitative estimate of drug-likeness (QED) is 0.525. The van der Waals surface area contributed by atoms with Gasteiger partial charge in [0.15, 0.2) is 5.82 Å². The van der Waals surface area contributed by atoms with Gasteiger partial charge in [-0.1, -0.05) is 35.9 Å². The van der Waals surface area contributed by atoms with Crippen molar-refractivity contribution in [1.29, 1.82) is 0 Å². The van der Waals surface area contributed by atoms with Gasteiger partial charge in [0.25, 0.3) is 0 Å². The molecule has 2 heterocycles. The standard InChI is InChI=1S/C21H19ClFN7/c1-29(2)12-13-3-5-14(6-4-13)15-9-17(20(24)25-11-15)21-26-27-28-30(21)19-10-16(23)7-8-18(19)22/h3-11H,12H2,1-2H3,(H2,24,25). The largest absolute Gasteiger partial charge is 0.383 e. The summed E-state index contributed by atoms with van der Waals surface area (Å²) in [6.45, 7) is 0.856. The van der Waals surface area contributed by atoms with Crippen LogP contribution >= 0.6 is 11.6 Å². The summed E-state index contributed by atoms with van der Waals surface area (Å²) in [4.78, 5) is 6.42. The predicted octanol–water partition coefficient (Wildman–Crippen LogP) is 3.83. The van der Waals surface area contributed by atoms with Crippen LogP contribution in [0.3, 0.4) is 0 Å². The van der Waals surface area contributed by atoms with Crippen molar-refractivity contribution in [2.45, 2.75) is 6.54 Å². The summed E-state index contributed by atoms with van der Waals surface area (Å²) in [6.07, 6.45) is 1.70. The number of tetrazole rings is 1. The first-order chi connectivity index (χ1) is 14.4. The molecule has 0 bridgehead atoms. The zero-order valence-corrected chi connectivity index (χ0v) is 17.2. The number of halogens is 2. The van der Waals surface area contributed by atoms with Crippen molar-refractivity contribution in [1.82, 2.24) is 30.1 Å². The minimum atomic E-state index is -0.450. The van der Waals surface area contributed by atoms with Crippen LogP contribution in [0, 0.1) is 5.82 Å². The first-order valence-corrected chi connectivity index (χ1v) is 9.54. The summed E-state index contributed by atoms with van der Waals surface area (Å²) in [5.41, 5.74) is 10.0. The van der Waals surface area contributed by atoms with Crippen molar-refractivity contribution >= 4 is 17.4 Å². The van der Waals surface area contributed by atoms with Gasteiger partial charge in [0.1, 0.15) is 11.6 Å². The Labute approximate surface area is 177 Å². The molecule has 30 heavy (non-hydrogen) atoms. The lowest BCUT2D eigenvalue weighted by atomic mass is 10.0. The average molecular weight is 424 g/mol. The molecule has 0 fully saturated rings. The Bertz CT molecular complexity index is 1190. The highest BCUT2D eigenvalue weighted by molar-refractivity contribution is 6.32. The average Bonchev–Trinajstić information content (AvgIpc) is 3.20. The third-order valence-electron chi connectivity index (χ3n) is 4.55. The van der Waals surface area contributed by atoms with E-state index in [1.807, 2.05) is 32.3 Å². The Morgan fingerprint density at radius 2 is 1.83 bits per heavy atom. The Morgan fingerprint density at radius 1 is 1.07 bits per heavy atom. The topological polar surface area (TPSA) is 85.8 Å². The van der Waals surface area contributed by atoms with Crippen LogP contribution in [-0.4, -0.2) is 44.2 Å². The van der Waals surface area contributed by atoms with Gasteiger partial charge in [0, 0.05) is 24.4 Å². The van der Waals surface area contributed by atoms with Crippen LogP contribution in [0.2, 0.25) is 5.02 Å². The number of hydrogen-bond donors (Lipinski definition) is 1. The minimum Gasteiger partial charge on any atom is -0.383 e. The van der Waals surface area contributed by atoms with Gasteiger partial charge in [-0.25, -0.2) is 9.37 Å². The van der Waals surface area contributed by atoms with Gasteiger partial charge in [0.05, 0.1) is 16.3 Å². The van der Waals surface area contributed by atoms with Crippen LogP contribution in [-0.2, 0) is 6.54 Å². The molecule has 0 atom stereocenters. The fourth-order valence-electron chi connectivity index (χ4n) is 3.15. The third-order valence-corrected chi connectivity index (χ3v) is 4.87. The first-order valence-electron chi connectivity index (χ1n) is 9.16. The maximum Gasteiger partial charge on any atom is 0.190 e. The number of nitrogens with zero attached hydrogens (tertiary/aromatic N) is 6. The van der Waals surface area contributed by atoms with E-state index < -0.39 is 5.82 Å². The highest BCUT2D eigenvalue weighted by Crippen LogP contribution is 2.31.